The molecule has 0 bridgehead atoms. The Labute approximate surface area is 141 Å². The number of hydrogen-bond acceptors (Lipinski definition) is 6. The number of hydrogen-bond donors (Lipinski definition) is 2. The van der Waals surface area contributed by atoms with Gasteiger partial charge in [-0.25, -0.2) is 13.6 Å². The zero-order chi connectivity index (χ0) is 18.0. The summed E-state index contributed by atoms with van der Waals surface area (Å²) >= 11 is 0. The summed E-state index contributed by atoms with van der Waals surface area (Å²) in [5, 5.41) is 9.20. The molecule has 1 aromatic carbocycles. The zero-order valence-corrected chi connectivity index (χ0v) is 13.1. The molecule has 2 heterocycles. The molecule has 0 amide bonds. The van der Waals surface area contributed by atoms with E-state index in [-0.39, 0.29) is 12.4 Å². The molecule has 1 aliphatic rings. The van der Waals surface area contributed by atoms with Crippen molar-refractivity contribution < 1.29 is 23.4 Å². The molecule has 0 radical (unpaired) electrons. The first kappa shape index (κ1) is 17.5. The van der Waals surface area contributed by atoms with Gasteiger partial charge < -0.3 is 20.3 Å². The first-order valence-electron chi connectivity index (χ1n) is 7.58. The lowest BCUT2D eigenvalue weighted by molar-refractivity contribution is -0.146. The predicted octanol–water partition coefficient (Wildman–Crippen LogP) is 0.936. The molecule has 1 aliphatic heterocycles. The molecule has 7 nitrogen and oxygen atoms in total. The number of nitrogen functional groups attached to an aromatic ring is 1. The van der Waals surface area contributed by atoms with E-state index in [0.29, 0.717) is 5.56 Å². The van der Waals surface area contributed by atoms with Gasteiger partial charge in [0.25, 0.3) is 0 Å². The average molecular weight is 353 g/mol. The standard InChI is InChI=1S/C16H17F2N3O4/c17-16(18)11(8-22)25-14(21-7-6-12(19)20-15(21)23)13(16)24-9-10-4-2-1-3-5-10/h1-7,11,13-14,22H,8-9H2,(H2,19,20,23)/t11-,13-,14+/m1/s1. The number of aromatic nitrogens is 2. The SMILES string of the molecule is Nc1ccn([C@H]2O[C@H](CO)C(F)(F)[C@@H]2OCc2ccccc2)c(=O)n1. The second kappa shape index (κ2) is 6.87. The summed E-state index contributed by atoms with van der Waals surface area (Å²) in [5.74, 6) is -3.53. The fraction of sp³-hybridized carbons (Fsp3) is 0.375. The molecule has 0 spiro atoms. The van der Waals surface area contributed by atoms with E-state index in [0.717, 1.165) is 4.57 Å². The first-order valence-corrected chi connectivity index (χ1v) is 7.58. The normalized spacial score (nSPS) is 25.2. The molecule has 9 heteroatoms. The number of ether oxygens (including phenoxy) is 2. The zero-order valence-electron chi connectivity index (χ0n) is 13.1. The fourth-order valence-corrected chi connectivity index (χ4v) is 2.65. The van der Waals surface area contributed by atoms with Crippen LogP contribution >= 0.6 is 0 Å². The van der Waals surface area contributed by atoms with Crippen molar-refractivity contribution in [2.45, 2.75) is 31.0 Å². The van der Waals surface area contributed by atoms with E-state index in [9.17, 15) is 18.7 Å². The van der Waals surface area contributed by atoms with Crippen LogP contribution in [0.25, 0.3) is 0 Å². The van der Waals surface area contributed by atoms with Gasteiger partial charge in [-0.1, -0.05) is 30.3 Å². The third-order valence-electron chi connectivity index (χ3n) is 3.94. The number of nitrogens with two attached hydrogens (primary N) is 1. The van der Waals surface area contributed by atoms with Crippen molar-refractivity contribution in [1.82, 2.24) is 9.55 Å². The Balaban J connectivity index is 1.90. The third-order valence-corrected chi connectivity index (χ3v) is 3.94. The number of alkyl halides is 2. The van der Waals surface area contributed by atoms with Gasteiger partial charge in [-0.3, -0.25) is 4.57 Å². The number of aliphatic hydroxyl groups excluding tert-OH is 1. The quantitative estimate of drug-likeness (QED) is 0.830. The van der Waals surface area contributed by atoms with Crippen LogP contribution in [-0.4, -0.2) is 39.4 Å². The molecule has 25 heavy (non-hydrogen) atoms. The van der Waals surface area contributed by atoms with Crippen molar-refractivity contribution >= 4 is 5.82 Å². The summed E-state index contributed by atoms with van der Waals surface area (Å²) in [6, 6.07) is 10.0. The molecule has 0 aliphatic carbocycles. The molecule has 134 valence electrons. The molecule has 2 aromatic rings. The van der Waals surface area contributed by atoms with E-state index in [1.165, 1.54) is 12.3 Å². The second-order valence-electron chi connectivity index (χ2n) is 5.63. The predicted molar refractivity (Wildman–Crippen MR) is 83.9 cm³/mol. The van der Waals surface area contributed by atoms with E-state index in [1.807, 2.05) is 0 Å². The maximum absolute atomic E-state index is 14.6. The minimum atomic E-state index is -3.49. The largest absolute Gasteiger partial charge is 0.393 e. The van der Waals surface area contributed by atoms with Crippen molar-refractivity contribution in [2.24, 2.45) is 0 Å². The van der Waals surface area contributed by atoms with Crippen molar-refractivity contribution in [3.05, 3.63) is 58.6 Å². The van der Waals surface area contributed by atoms with Crippen LogP contribution in [0.4, 0.5) is 14.6 Å². The molecule has 0 saturated carbocycles. The highest BCUT2D eigenvalue weighted by atomic mass is 19.3. The van der Waals surface area contributed by atoms with Gasteiger partial charge >= 0.3 is 11.6 Å². The third kappa shape index (κ3) is 3.39. The van der Waals surface area contributed by atoms with Gasteiger partial charge in [0.05, 0.1) is 13.2 Å². The Morgan fingerprint density at radius 1 is 1.32 bits per heavy atom. The van der Waals surface area contributed by atoms with Crippen molar-refractivity contribution in [3.63, 3.8) is 0 Å². The van der Waals surface area contributed by atoms with E-state index < -0.39 is 36.7 Å². The lowest BCUT2D eigenvalue weighted by Crippen LogP contribution is -2.43. The van der Waals surface area contributed by atoms with Gasteiger partial charge in [-0.15, -0.1) is 0 Å². The summed E-state index contributed by atoms with van der Waals surface area (Å²) in [4.78, 5) is 15.5. The number of anilines is 1. The van der Waals surface area contributed by atoms with E-state index in [1.54, 1.807) is 30.3 Å². The molecular weight excluding hydrogens is 336 g/mol. The lowest BCUT2D eigenvalue weighted by atomic mass is 10.1. The van der Waals surface area contributed by atoms with E-state index in [4.69, 9.17) is 15.2 Å². The van der Waals surface area contributed by atoms with Crippen LogP contribution in [0.5, 0.6) is 0 Å². The highest BCUT2D eigenvalue weighted by Gasteiger charge is 2.60. The van der Waals surface area contributed by atoms with Crippen LogP contribution in [0, 0.1) is 0 Å². The number of rotatable bonds is 5. The Morgan fingerprint density at radius 2 is 2.04 bits per heavy atom. The Hall–Kier alpha value is -2.36. The van der Waals surface area contributed by atoms with Crippen molar-refractivity contribution in [3.8, 4) is 0 Å². The highest BCUT2D eigenvalue weighted by Crippen LogP contribution is 2.42. The fourth-order valence-electron chi connectivity index (χ4n) is 2.65. The molecule has 0 unspecified atom stereocenters. The van der Waals surface area contributed by atoms with Crippen LogP contribution in [0.1, 0.15) is 11.8 Å². The van der Waals surface area contributed by atoms with Gasteiger partial charge in [0.2, 0.25) is 0 Å². The number of benzene rings is 1. The summed E-state index contributed by atoms with van der Waals surface area (Å²) < 4.78 is 40.6. The van der Waals surface area contributed by atoms with Crippen LogP contribution in [0.15, 0.2) is 47.4 Å². The smallest absolute Gasteiger partial charge is 0.351 e. The molecule has 1 fully saturated rings. The van der Waals surface area contributed by atoms with Crippen LogP contribution < -0.4 is 11.4 Å². The summed E-state index contributed by atoms with van der Waals surface area (Å²) in [6.45, 7) is -1.01. The van der Waals surface area contributed by atoms with Crippen LogP contribution in [0.3, 0.4) is 0 Å². The number of halogens is 2. The Kier molecular flexibility index (Phi) is 4.80. The van der Waals surface area contributed by atoms with Gasteiger partial charge in [0.15, 0.2) is 12.3 Å². The average Bonchev–Trinajstić information content (AvgIpc) is 2.84. The maximum Gasteiger partial charge on any atom is 0.351 e. The van der Waals surface area contributed by atoms with E-state index >= 15 is 0 Å². The number of nitrogens with zero attached hydrogens (tertiary/aromatic N) is 2. The van der Waals surface area contributed by atoms with Crippen LogP contribution in [0.2, 0.25) is 0 Å². The molecular formula is C16H17F2N3O4. The highest BCUT2D eigenvalue weighted by molar-refractivity contribution is 5.23. The van der Waals surface area contributed by atoms with Gasteiger partial charge in [0, 0.05) is 6.20 Å². The van der Waals surface area contributed by atoms with Gasteiger partial charge in [0.1, 0.15) is 11.9 Å². The lowest BCUT2D eigenvalue weighted by Gasteiger charge is -2.24. The first-order chi connectivity index (χ1) is 11.9. The topological polar surface area (TPSA) is 99.6 Å². The summed E-state index contributed by atoms with van der Waals surface area (Å²) in [7, 11) is 0. The van der Waals surface area contributed by atoms with Crippen molar-refractivity contribution in [2.75, 3.05) is 12.3 Å². The monoisotopic (exact) mass is 353 g/mol. The maximum atomic E-state index is 14.6. The molecule has 1 saturated heterocycles. The minimum Gasteiger partial charge on any atom is -0.393 e. The molecule has 3 N–H and O–H groups in total. The Bertz CT molecular complexity index is 784. The summed E-state index contributed by atoms with van der Waals surface area (Å²) in [5.41, 5.74) is 5.26. The van der Waals surface area contributed by atoms with Crippen LogP contribution in [-0.2, 0) is 16.1 Å². The minimum absolute atomic E-state index is 0.0357. The van der Waals surface area contributed by atoms with Crippen molar-refractivity contribution in [1.29, 1.82) is 0 Å². The Morgan fingerprint density at radius 3 is 2.68 bits per heavy atom. The number of aliphatic hydroxyl groups is 1. The molecule has 3 rings (SSSR count). The van der Waals surface area contributed by atoms with E-state index in [2.05, 4.69) is 4.98 Å². The second-order valence-corrected chi connectivity index (χ2v) is 5.63. The molecule has 1 aromatic heterocycles. The van der Waals surface area contributed by atoms with Gasteiger partial charge in [-0.05, 0) is 11.6 Å². The van der Waals surface area contributed by atoms with Gasteiger partial charge in [-0.2, -0.15) is 4.98 Å². The molecule has 3 atom stereocenters. The summed E-state index contributed by atoms with van der Waals surface area (Å²) in [6.07, 6.45) is -3.78.